The first-order valence-corrected chi connectivity index (χ1v) is 5.27. The van der Waals surface area contributed by atoms with E-state index in [4.69, 9.17) is 5.73 Å². The third kappa shape index (κ3) is 3.83. The van der Waals surface area contributed by atoms with Crippen LogP contribution in [0.5, 0.6) is 0 Å². The molecule has 0 saturated carbocycles. The van der Waals surface area contributed by atoms with E-state index in [1.54, 1.807) is 0 Å². The van der Waals surface area contributed by atoms with Gasteiger partial charge in [-0.1, -0.05) is 32.0 Å². The number of nitrogens with one attached hydrogen (secondary N) is 1. The molecule has 4 heteroatoms. The molecule has 90 valence electrons. The highest BCUT2D eigenvalue weighted by atomic mass is 35.5. The number of aryl methyl sites for hydroxylation is 1. The molecule has 0 aliphatic carbocycles. The van der Waals surface area contributed by atoms with Crippen LogP contribution < -0.4 is 11.1 Å². The molecule has 1 atom stereocenters. The smallest absolute Gasteiger partial charge is 0.228 e. The van der Waals surface area contributed by atoms with Crippen LogP contribution in [0, 0.1) is 5.92 Å². The number of halogens is 1. The second-order valence-corrected chi connectivity index (χ2v) is 3.64. The van der Waals surface area contributed by atoms with Gasteiger partial charge in [0.25, 0.3) is 0 Å². The Kier molecular flexibility index (Phi) is 6.77. The highest BCUT2D eigenvalue weighted by Crippen LogP contribution is 2.16. The normalized spacial score (nSPS) is 11.4. The molecule has 1 rings (SSSR count). The van der Waals surface area contributed by atoms with E-state index in [0.717, 1.165) is 17.7 Å². The highest BCUT2D eigenvalue weighted by molar-refractivity contribution is 5.93. The Bertz CT molecular complexity index is 342. The minimum absolute atomic E-state index is 0. The van der Waals surface area contributed by atoms with Crippen molar-refractivity contribution in [3.8, 4) is 0 Å². The fraction of sp³-hybridized carbons (Fsp3) is 0.417. The molecule has 1 amide bonds. The molecule has 3 N–H and O–H groups in total. The zero-order chi connectivity index (χ0) is 11.3. The Hall–Kier alpha value is -1.06. The zero-order valence-electron chi connectivity index (χ0n) is 9.69. The average Bonchev–Trinajstić information content (AvgIpc) is 2.28. The number of carbonyl (C=O) groups excluding carboxylic acids is 1. The fourth-order valence-corrected chi connectivity index (χ4v) is 1.31. The number of carbonyl (C=O) groups is 1. The molecule has 1 aromatic carbocycles. The van der Waals surface area contributed by atoms with Crippen LogP contribution in [0.15, 0.2) is 24.3 Å². The fourth-order valence-electron chi connectivity index (χ4n) is 1.31. The molecule has 0 heterocycles. The first kappa shape index (κ1) is 14.9. The number of hydrogen-bond donors (Lipinski definition) is 2. The van der Waals surface area contributed by atoms with Crippen LogP contribution in [0.3, 0.4) is 0 Å². The topological polar surface area (TPSA) is 55.1 Å². The highest BCUT2D eigenvalue weighted by Gasteiger charge is 2.11. The van der Waals surface area contributed by atoms with Gasteiger partial charge >= 0.3 is 0 Å². The molecule has 0 aliphatic rings. The summed E-state index contributed by atoms with van der Waals surface area (Å²) >= 11 is 0. The molecule has 3 nitrogen and oxygen atoms in total. The minimum Gasteiger partial charge on any atom is -0.330 e. The standard InChI is InChI=1S/C12H18N2O.ClH/c1-3-10-6-4-5-7-11(10)14-12(15)9(2)8-13;/h4-7,9H,3,8,13H2,1-2H3,(H,14,15);1H. The number of rotatable bonds is 4. The van der Waals surface area contributed by atoms with E-state index < -0.39 is 0 Å². The number of para-hydroxylation sites is 1. The summed E-state index contributed by atoms with van der Waals surface area (Å²) in [6, 6.07) is 7.82. The van der Waals surface area contributed by atoms with Crippen LogP contribution in [0.2, 0.25) is 0 Å². The third-order valence-corrected chi connectivity index (χ3v) is 2.46. The summed E-state index contributed by atoms with van der Waals surface area (Å²) in [7, 11) is 0. The van der Waals surface area contributed by atoms with Gasteiger partial charge in [-0.15, -0.1) is 12.4 Å². The maximum absolute atomic E-state index is 11.6. The first-order chi connectivity index (χ1) is 7.19. The van der Waals surface area contributed by atoms with Crippen molar-refractivity contribution in [2.24, 2.45) is 11.7 Å². The van der Waals surface area contributed by atoms with Gasteiger partial charge in [0.15, 0.2) is 0 Å². The van der Waals surface area contributed by atoms with Gasteiger partial charge in [0, 0.05) is 18.2 Å². The maximum Gasteiger partial charge on any atom is 0.228 e. The summed E-state index contributed by atoms with van der Waals surface area (Å²) in [5.74, 6) is -0.159. The molecule has 0 spiro atoms. The summed E-state index contributed by atoms with van der Waals surface area (Å²) in [6.07, 6.45) is 0.910. The first-order valence-electron chi connectivity index (χ1n) is 5.27. The molecule has 0 radical (unpaired) electrons. The Morgan fingerprint density at radius 2 is 2.06 bits per heavy atom. The van der Waals surface area contributed by atoms with Crippen LogP contribution in [0.1, 0.15) is 19.4 Å². The van der Waals surface area contributed by atoms with Gasteiger partial charge in [0.1, 0.15) is 0 Å². The Morgan fingerprint density at radius 1 is 1.44 bits per heavy atom. The van der Waals surface area contributed by atoms with Crippen molar-refractivity contribution in [1.82, 2.24) is 0 Å². The van der Waals surface area contributed by atoms with Crippen molar-refractivity contribution in [2.75, 3.05) is 11.9 Å². The van der Waals surface area contributed by atoms with Crippen molar-refractivity contribution in [3.63, 3.8) is 0 Å². The van der Waals surface area contributed by atoms with Crippen LogP contribution in [0.25, 0.3) is 0 Å². The predicted molar refractivity (Wildman–Crippen MR) is 69.9 cm³/mol. The lowest BCUT2D eigenvalue weighted by Crippen LogP contribution is -2.27. The van der Waals surface area contributed by atoms with Crippen molar-refractivity contribution in [3.05, 3.63) is 29.8 Å². The molecular formula is C12H19ClN2O. The molecule has 1 unspecified atom stereocenters. The minimum atomic E-state index is -0.144. The number of amides is 1. The summed E-state index contributed by atoms with van der Waals surface area (Å²) in [6.45, 7) is 4.27. The largest absolute Gasteiger partial charge is 0.330 e. The predicted octanol–water partition coefficient (Wildman–Crippen LogP) is 2.20. The second-order valence-electron chi connectivity index (χ2n) is 3.64. The molecular weight excluding hydrogens is 224 g/mol. The Balaban J connectivity index is 0.00000225. The Morgan fingerprint density at radius 3 is 2.62 bits per heavy atom. The van der Waals surface area contributed by atoms with Crippen LogP contribution >= 0.6 is 12.4 Å². The summed E-state index contributed by atoms with van der Waals surface area (Å²) in [5, 5.41) is 2.89. The van der Waals surface area contributed by atoms with E-state index in [1.165, 1.54) is 0 Å². The lowest BCUT2D eigenvalue weighted by atomic mass is 10.1. The van der Waals surface area contributed by atoms with Crippen molar-refractivity contribution < 1.29 is 4.79 Å². The van der Waals surface area contributed by atoms with E-state index in [0.29, 0.717) is 6.54 Å². The van der Waals surface area contributed by atoms with Crippen LogP contribution in [-0.2, 0) is 11.2 Å². The van der Waals surface area contributed by atoms with Crippen LogP contribution in [0.4, 0.5) is 5.69 Å². The van der Waals surface area contributed by atoms with Gasteiger partial charge in [-0.05, 0) is 18.1 Å². The van der Waals surface area contributed by atoms with E-state index in [-0.39, 0.29) is 24.2 Å². The second kappa shape index (κ2) is 7.25. The number of hydrogen-bond acceptors (Lipinski definition) is 2. The molecule has 0 aromatic heterocycles. The Labute approximate surface area is 103 Å². The lowest BCUT2D eigenvalue weighted by Gasteiger charge is -2.12. The SMILES string of the molecule is CCc1ccccc1NC(=O)C(C)CN.Cl. The molecule has 0 fully saturated rings. The van der Waals surface area contributed by atoms with Gasteiger partial charge in [0.05, 0.1) is 0 Å². The quantitative estimate of drug-likeness (QED) is 0.851. The van der Waals surface area contributed by atoms with Crippen LogP contribution in [-0.4, -0.2) is 12.5 Å². The maximum atomic E-state index is 11.6. The van der Waals surface area contributed by atoms with Crippen molar-refractivity contribution >= 4 is 24.0 Å². The lowest BCUT2D eigenvalue weighted by molar-refractivity contribution is -0.119. The van der Waals surface area contributed by atoms with Crippen molar-refractivity contribution in [2.45, 2.75) is 20.3 Å². The van der Waals surface area contributed by atoms with E-state index in [2.05, 4.69) is 12.2 Å². The molecule has 0 saturated heterocycles. The summed E-state index contributed by atoms with van der Waals surface area (Å²) in [5.41, 5.74) is 7.48. The monoisotopic (exact) mass is 242 g/mol. The van der Waals surface area contributed by atoms with E-state index in [9.17, 15) is 4.79 Å². The molecule has 1 aromatic rings. The van der Waals surface area contributed by atoms with Gasteiger partial charge in [-0.25, -0.2) is 0 Å². The molecule has 16 heavy (non-hydrogen) atoms. The van der Waals surface area contributed by atoms with Crippen molar-refractivity contribution in [1.29, 1.82) is 0 Å². The van der Waals surface area contributed by atoms with Gasteiger partial charge in [-0.3, -0.25) is 4.79 Å². The number of nitrogens with two attached hydrogens (primary N) is 1. The van der Waals surface area contributed by atoms with Gasteiger partial charge in [-0.2, -0.15) is 0 Å². The van der Waals surface area contributed by atoms with E-state index in [1.807, 2.05) is 31.2 Å². The number of benzene rings is 1. The summed E-state index contributed by atoms with van der Waals surface area (Å²) in [4.78, 5) is 11.6. The number of anilines is 1. The molecule has 0 bridgehead atoms. The molecule has 0 aliphatic heterocycles. The van der Waals surface area contributed by atoms with Gasteiger partial charge < -0.3 is 11.1 Å². The zero-order valence-corrected chi connectivity index (χ0v) is 10.5. The van der Waals surface area contributed by atoms with Gasteiger partial charge in [0.2, 0.25) is 5.91 Å². The third-order valence-electron chi connectivity index (χ3n) is 2.46. The summed E-state index contributed by atoms with van der Waals surface area (Å²) < 4.78 is 0. The average molecular weight is 243 g/mol. The van der Waals surface area contributed by atoms with E-state index >= 15 is 0 Å².